The molecule has 0 spiro atoms. The van der Waals surface area contributed by atoms with Crippen molar-refractivity contribution in [1.29, 1.82) is 0 Å². The molecule has 16 heavy (non-hydrogen) atoms. The summed E-state index contributed by atoms with van der Waals surface area (Å²) in [5, 5.41) is 13.3. The standard InChI is InChI=1S/C11H14N2O3/c1-3-8(14)6-10-12-11(13-16-10)9-4-5-15-7(9)2/h4-5,8,14H,3,6H2,1-2H3. The lowest BCUT2D eigenvalue weighted by molar-refractivity contribution is 0.158. The van der Waals surface area contributed by atoms with Crippen LogP contribution in [0.4, 0.5) is 0 Å². The molecule has 5 heteroatoms. The molecular formula is C11H14N2O3. The molecule has 0 amide bonds. The molecule has 0 aromatic carbocycles. The van der Waals surface area contributed by atoms with E-state index >= 15 is 0 Å². The first kappa shape index (κ1) is 10.9. The molecule has 2 heterocycles. The Morgan fingerprint density at radius 3 is 2.94 bits per heavy atom. The Hall–Kier alpha value is -1.62. The van der Waals surface area contributed by atoms with Crippen LogP contribution in [0.3, 0.4) is 0 Å². The zero-order chi connectivity index (χ0) is 11.5. The summed E-state index contributed by atoms with van der Waals surface area (Å²) in [6.07, 6.45) is 2.21. The van der Waals surface area contributed by atoms with Crippen molar-refractivity contribution in [2.45, 2.75) is 32.8 Å². The van der Waals surface area contributed by atoms with Gasteiger partial charge in [-0.25, -0.2) is 0 Å². The first-order valence-corrected chi connectivity index (χ1v) is 5.25. The van der Waals surface area contributed by atoms with Crippen LogP contribution in [0.1, 0.15) is 25.0 Å². The minimum Gasteiger partial charge on any atom is -0.469 e. The molecule has 1 atom stereocenters. The van der Waals surface area contributed by atoms with E-state index in [4.69, 9.17) is 8.94 Å². The van der Waals surface area contributed by atoms with Crippen molar-refractivity contribution in [3.63, 3.8) is 0 Å². The molecule has 0 saturated carbocycles. The second-order valence-corrected chi connectivity index (χ2v) is 3.67. The average molecular weight is 222 g/mol. The molecule has 0 bridgehead atoms. The summed E-state index contributed by atoms with van der Waals surface area (Å²) in [5.41, 5.74) is 0.820. The molecule has 1 N–H and O–H groups in total. The topological polar surface area (TPSA) is 72.3 Å². The molecule has 2 aromatic rings. The van der Waals surface area contributed by atoms with Gasteiger partial charge in [0.05, 0.1) is 24.4 Å². The van der Waals surface area contributed by atoms with E-state index in [0.29, 0.717) is 24.6 Å². The minimum atomic E-state index is -0.432. The molecule has 0 saturated heterocycles. The third kappa shape index (κ3) is 2.14. The van der Waals surface area contributed by atoms with Gasteiger partial charge in [0.1, 0.15) is 5.76 Å². The van der Waals surface area contributed by atoms with Crippen LogP contribution < -0.4 is 0 Å². The van der Waals surface area contributed by atoms with Crippen LogP contribution in [0.2, 0.25) is 0 Å². The lowest BCUT2D eigenvalue weighted by Gasteiger charge is -2.01. The molecule has 0 aliphatic heterocycles. The Balaban J connectivity index is 2.17. The maximum absolute atomic E-state index is 9.46. The molecule has 0 aliphatic carbocycles. The van der Waals surface area contributed by atoms with Gasteiger partial charge in [-0.05, 0) is 19.4 Å². The fraction of sp³-hybridized carbons (Fsp3) is 0.455. The number of nitrogens with zero attached hydrogens (tertiary/aromatic N) is 2. The zero-order valence-electron chi connectivity index (χ0n) is 9.30. The van der Waals surface area contributed by atoms with Crippen LogP contribution >= 0.6 is 0 Å². The Labute approximate surface area is 93.1 Å². The number of hydrogen-bond acceptors (Lipinski definition) is 5. The maximum Gasteiger partial charge on any atom is 0.229 e. The van der Waals surface area contributed by atoms with Crippen LogP contribution in [-0.2, 0) is 6.42 Å². The Bertz CT molecular complexity index is 461. The normalized spacial score (nSPS) is 12.9. The van der Waals surface area contributed by atoms with Gasteiger partial charge in [0.25, 0.3) is 0 Å². The maximum atomic E-state index is 9.46. The predicted octanol–water partition coefficient (Wildman–Crippen LogP) is 1.95. The van der Waals surface area contributed by atoms with Gasteiger partial charge < -0.3 is 14.0 Å². The van der Waals surface area contributed by atoms with Gasteiger partial charge in [0, 0.05) is 0 Å². The number of furan rings is 1. The summed E-state index contributed by atoms with van der Waals surface area (Å²) in [4.78, 5) is 4.20. The van der Waals surface area contributed by atoms with Crippen molar-refractivity contribution in [2.24, 2.45) is 0 Å². The second kappa shape index (κ2) is 4.49. The zero-order valence-corrected chi connectivity index (χ0v) is 9.30. The van der Waals surface area contributed by atoms with Gasteiger partial charge >= 0.3 is 0 Å². The summed E-state index contributed by atoms with van der Waals surface area (Å²) in [6, 6.07) is 1.79. The van der Waals surface area contributed by atoms with E-state index in [1.165, 1.54) is 0 Å². The van der Waals surface area contributed by atoms with Gasteiger partial charge in [0.15, 0.2) is 0 Å². The highest BCUT2D eigenvalue weighted by Gasteiger charge is 2.14. The fourth-order valence-corrected chi connectivity index (χ4v) is 1.41. The first-order valence-electron chi connectivity index (χ1n) is 5.25. The fourth-order valence-electron chi connectivity index (χ4n) is 1.41. The summed E-state index contributed by atoms with van der Waals surface area (Å²) >= 11 is 0. The number of aliphatic hydroxyl groups excluding tert-OH is 1. The second-order valence-electron chi connectivity index (χ2n) is 3.67. The monoisotopic (exact) mass is 222 g/mol. The van der Waals surface area contributed by atoms with E-state index in [1.807, 2.05) is 13.8 Å². The van der Waals surface area contributed by atoms with Crippen molar-refractivity contribution in [3.8, 4) is 11.4 Å². The van der Waals surface area contributed by atoms with Gasteiger partial charge in [-0.2, -0.15) is 4.98 Å². The molecule has 86 valence electrons. The van der Waals surface area contributed by atoms with Gasteiger partial charge in [-0.1, -0.05) is 12.1 Å². The SMILES string of the molecule is CCC(O)Cc1nc(-c2ccoc2C)no1. The largest absolute Gasteiger partial charge is 0.469 e. The number of aryl methyl sites for hydroxylation is 1. The van der Waals surface area contributed by atoms with Crippen LogP contribution in [0.5, 0.6) is 0 Å². The van der Waals surface area contributed by atoms with Gasteiger partial charge in [0.2, 0.25) is 11.7 Å². The number of rotatable bonds is 4. The highest BCUT2D eigenvalue weighted by molar-refractivity contribution is 5.55. The van der Waals surface area contributed by atoms with E-state index in [1.54, 1.807) is 12.3 Å². The highest BCUT2D eigenvalue weighted by Crippen LogP contribution is 2.21. The smallest absolute Gasteiger partial charge is 0.229 e. The lowest BCUT2D eigenvalue weighted by Crippen LogP contribution is -2.08. The lowest BCUT2D eigenvalue weighted by atomic mass is 10.2. The van der Waals surface area contributed by atoms with Crippen molar-refractivity contribution in [1.82, 2.24) is 10.1 Å². The average Bonchev–Trinajstić information content (AvgIpc) is 2.86. The number of aliphatic hydroxyl groups is 1. The van der Waals surface area contributed by atoms with Crippen molar-refractivity contribution in [3.05, 3.63) is 24.0 Å². The van der Waals surface area contributed by atoms with Crippen LogP contribution in [0, 0.1) is 6.92 Å². The van der Waals surface area contributed by atoms with Crippen molar-refractivity contribution < 1.29 is 14.0 Å². The molecule has 1 unspecified atom stereocenters. The van der Waals surface area contributed by atoms with Crippen molar-refractivity contribution in [2.75, 3.05) is 0 Å². The summed E-state index contributed by atoms with van der Waals surface area (Å²) in [6.45, 7) is 3.74. The molecule has 5 nitrogen and oxygen atoms in total. The molecular weight excluding hydrogens is 208 g/mol. The highest BCUT2D eigenvalue weighted by atomic mass is 16.5. The summed E-state index contributed by atoms with van der Waals surface area (Å²) in [5.74, 6) is 1.71. The molecule has 0 fully saturated rings. The Morgan fingerprint density at radius 1 is 1.50 bits per heavy atom. The summed E-state index contributed by atoms with van der Waals surface area (Å²) in [7, 11) is 0. The third-order valence-electron chi connectivity index (χ3n) is 2.45. The number of hydrogen-bond donors (Lipinski definition) is 1. The molecule has 2 rings (SSSR count). The van der Waals surface area contributed by atoms with E-state index in [0.717, 1.165) is 11.3 Å². The molecule has 0 aliphatic rings. The molecule has 0 radical (unpaired) electrons. The van der Waals surface area contributed by atoms with E-state index < -0.39 is 6.10 Å². The van der Waals surface area contributed by atoms with Crippen LogP contribution in [0.15, 0.2) is 21.3 Å². The Morgan fingerprint density at radius 2 is 2.31 bits per heavy atom. The third-order valence-corrected chi connectivity index (χ3v) is 2.45. The van der Waals surface area contributed by atoms with Gasteiger partial charge in [-0.3, -0.25) is 0 Å². The summed E-state index contributed by atoms with van der Waals surface area (Å²) < 4.78 is 10.2. The van der Waals surface area contributed by atoms with Gasteiger partial charge in [-0.15, -0.1) is 0 Å². The van der Waals surface area contributed by atoms with Crippen molar-refractivity contribution >= 4 is 0 Å². The minimum absolute atomic E-state index is 0.389. The van der Waals surface area contributed by atoms with E-state index in [-0.39, 0.29) is 0 Å². The first-order chi connectivity index (χ1) is 7.70. The van der Waals surface area contributed by atoms with Crippen LogP contribution in [-0.4, -0.2) is 21.4 Å². The quantitative estimate of drug-likeness (QED) is 0.855. The molecule has 2 aromatic heterocycles. The van der Waals surface area contributed by atoms with E-state index in [2.05, 4.69) is 10.1 Å². The van der Waals surface area contributed by atoms with E-state index in [9.17, 15) is 5.11 Å². The Kier molecular flexibility index (Phi) is 3.05. The number of aromatic nitrogens is 2. The predicted molar refractivity (Wildman–Crippen MR) is 56.7 cm³/mol. The van der Waals surface area contributed by atoms with Crippen LogP contribution in [0.25, 0.3) is 11.4 Å².